The molecule has 4 heteroatoms. The van der Waals surface area contributed by atoms with Gasteiger partial charge < -0.3 is 10.4 Å². The largest absolute Gasteiger partial charge is 0.479 e. The number of aryl methyl sites for hydroxylation is 1. The predicted molar refractivity (Wildman–Crippen MR) is 81.3 cm³/mol. The van der Waals surface area contributed by atoms with E-state index in [0.717, 1.165) is 17.5 Å². The first kappa shape index (κ1) is 14.4. The molecule has 0 radical (unpaired) electrons. The van der Waals surface area contributed by atoms with E-state index < -0.39 is 12.0 Å². The number of carboxylic acids is 1. The molecule has 0 amide bonds. The fraction of sp³-hybridized carbons (Fsp3) is 0.188. The standard InChI is InChI=1S/C16H16ClNO2/c1-2-11-6-3-4-9-14(11)15(16(19)20)18-13-8-5-7-12(17)10-13/h3-10,15,18H,2H2,1H3,(H,19,20). The molecule has 0 bridgehead atoms. The topological polar surface area (TPSA) is 49.3 Å². The van der Waals surface area contributed by atoms with Crippen molar-refractivity contribution < 1.29 is 9.90 Å². The van der Waals surface area contributed by atoms with Crippen molar-refractivity contribution in [1.82, 2.24) is 0 Å². The van der Waals surface area contributed by atoms with Gasteiger partial charge in [-0.1, -0.05) is 48.9 Å². The van der Waals surface area contributed by atoms with E-state index in [4.69, 9.17) is 11.6 Å². The van der Waals surface area contributed by atoms with Crippen molar-refractivity contribution in [3.05, 3.63) is 64.7 Å². The highest BCUT2D eigenvalue weighted by Crippen LogP contribution is 2.25. The third kappa shape index (κ3) is 3.31. The van der Waals surface area contributed by atoms with E-state index in [1.807, 2.05) is 31.2 Å². The Hall–Kier alpha value is -2.00. The Labute approximate surface area is 123 Å². The van der Waals surface area contributed by atoms with E-state index in [2.05, 4.69) is 5.32 Å². The number of anilines is 1. The van der Waals surface area contributed by atoms with Gasteiger partial charge in [-0.15, -0.1) is 0 Å². The van der Waals surface area contributed by atoms with Gasteiger partial charge in [0.15, 0.2) is 6.04 Å². The van der Waals surface area contributed by atoms with Crippen LogP contribution in [-0.2, 0) is 11.2 Å². The molecule has 1 unspecified atom stereocenters. The van der Waals surface area contributed by atoms with Crippen molar-refractivity contribution >= 4 is 23.3 Å². The summed E-state index contributed by atoms with van der Waals surface area (Å²) in [7, 11) is 0. The first-order valence-corrected chi connectivity index (χ1v) is 6.82. The molecule has 0 aromatic heterocycles. The predicted octanol–water partition coefficient (Wildman–Crippen LogP) is 4.14. The Balaban J connectivity index is 2.34. The molecule has 0 spiro atoms. The summed E-state index contributed by atoms with van der Waals surface area (Å²) in [4.78, 5) is 11.6. The molecule has 104 valence electrons. The van der Waals surface area contributed by atoms with Crippen LogP contribution < -0.4 is 5.32 Å². The molecule has 0 aliphatic rings. The summed E-state index contributed by atoms with van der Waals surface area (Å²) in [5, 5.41) is 13.1. The molecule has 2 aromatic rings. The number of aliphatic carboxylic acids is 1. The minimum Gasteiger partial charge on any atom is -0.479 e. The molecular weight excluding hydrogens is 274 g/mol. The van der Waals surface area contributed by atoms with Crippen LogP contribution in [0.15, 0.2) is 48.5 Å². The fourth-order valence-electron chi connectivity index (χ4n) is 2.16. The smallest absolute Gasteiger partial charge is 0.330 e. The first-order chi connectivity index (χ1) is 9.61. The highest BCUT2D eigenvalue weighted by Gasteiger charge is 2.21. The number of hydrogen-bond acceptors (Lipinski definition) is 2. The Morgan fingerprint density at radius 3 is 2.65 bits per heavy atom. The molecule has 2 N–H and O–H groups in total. The van der Waals surface area contributed by atoms with Crippen LogP contribution in [0.5, 0.6) is 0 Å². The van der Waals surface area contributed by atoms with Crippen LogP contribution in [0.25, 0.3) is 0 Å². The van der Waals surface area contributed by atoms with Gasteiger partial charge in [-0.3, -0.25) is 0 Å². The second kappa shape index (κ2) is 6.44. The van der Waals surface area contributed by atoms with Crippen molar-refractivity contribution in [3.63, 3.8) is 0 Å². The van der Waals surface area contributed by atoms with Crippen LogP contribution in [-0.4, -0.2) is 11.1 Å². The average Bonchev–Trinajstić information content (AvgIpc) is 2.44. The SMILES string of the molecule is CCc1ccccc1C(Nc1cccc(Cl)c1)C(=O)O. The van der Waals surface area contributed by atoms with Gasteiger partial charge in [-0.05, 0) is 35.7 Å². The Bertz CT molecular complexity index is 613. The maximum absolute atomic E-state index is 11.6. The van der Waals surface area contributed by atoms with E-state index >= 15 is 0 Å². The zero-order chi connectivity index (χ0) is 14.5. The molecule has 0 aliphatic carbocycles. The third-order valence-corrected chi connectivity index (χ3v) is 3.36. The summed E-state index contributed by atoms with van der Waals surface area (Å²) >= 11 is 5.93. The van der Waals surface area contributed by atoms with Gasteiger partial charge in [0.1, 0.15) is 0 Å². The number of benzene rings is 2. The van der Waals surface area contributed by atoms with Crippen molar-refractivity contribution in [2.75, 3.05) is 5.32 Å². The Kier molecular flexibility index (Phi) is 4.64. The van der Waals surface area contributed by atoms with Crippen LogP contribution >= 0.6 is 11.6 Å². The van der Waals surface area contributed by atoms with Gasteiger partial charge in [0, 0.05) is 10.7 Å². The maximum Gasteiger partial charge on any atom is 0.330 e. The number of hydrogen-bond donors (Lipinski definition) is 2. The summed E-state index contributed by atoms with van der Waals surface area (Å²) in [6, 6.07) is 13.8. The molecule has 1 atom stereocenters. The molecule has 0 saturated heterocycles. The summed E-state index contributed by atoms with van der Waals surface area (Å²) in [6.45, 7) is 2.01. The molecule has 0 aliphatic heterocycles. The molecule has 20 heavy (non-hydrogen) atoms. The second-order valence-electron chi connectivity index (χ2n) is 4.48. The Morgan fingerprint density at radius 1 is 1.25 bits per heavy atom. The van der Waals surface area contributed by atoms with Gasteiger partial charge >= 0.3 is 5.97 Å². The van der Waals surface area contributed by atoms with Crippen molar-refractivity contribution in [2.45, 2.75) is 19.4 Å². The van der Waals surface area contributed by atoms with Gasteiger partial charge in [-0.2, -0.15) is 0 Å². The quantitative estimate of drug-likeness (QED) is 0.870. The first-order valence-electron chi connectivity index (χ1n) is 6.44. The zero-order valence-electron chi connectivity index (χ0n) is 11.1. The number of nitrogens with one attached hydrogen (secondary N) is 1. The van der Waals surface area contributed by atoms with Gasteiger partial charge in [0.05, 0.1) is 0 Å². The van der Waals surface area contributed by atoms with Crippen molar-refractivity contribution in [3.8, 4) is 0 Å². The average molecular weight is 290 g/mol. The lowest BCUT2D eigenvalue weighted by Crippen LogP contribution is -2.21. The van der Waals surface area contributed by atoms with E-state index in [0.29, 0.717) is 10.7 Å². The van der Waals surface area contributed by atoms with Crippen LogP contribution in [0, 0.1) is 0 Å². The summed E-state index contributed by atoms with van der Waals surface area (Å²) in [5.74, 6) is -0.911. The van der Waals surface area contributed by atoms with Crippen molar-refractivity contribution in [2.24, 2.45) is 0 Å². The minimum atomic E-state index is -0.911. The van der Waals surface area contributed by atoms with Crippen LogP contribution in [0.1, 0.15) is 24.1 Å². The van der Waals surface area contributed by atoms with E-state index in [-0.39, 0.29) is 0 Å². The molecule has 0 saturated carbocycles. The lowest BCUT2D eigenvalue weighted by atomic mass is 9.98. The van der Waals surface area contributed by atoms with Crippen molar-refractivity contribution in [1.29, 1.82) is 0 Å². The van der Waals surface area contributed by atoms with Crippen LogP contribution in [0.2, 0.25) is 5.02 Å². The molecule has 2 aromatic carbocycles. The third-order valence-electron chi connectivity index (χ3n) is 3.13. The molecule has 3 nitrogen and oxygen atoms in total. The number of halogens is 1. The number of carbonyl (C=O) groups is 1. The maximum atomic E-state index is 11.6. The zero-order valence-corrected chi connectivity index (χ0v) is 11.9. The van der Waals surface area contributed by atoms with Crippen LogP contribution in [0.3, 0.4) is 0 Å². The summed E-state index contributed by atoms with van der Waals surface area (Å²) in [5.41, 5.74) is 2.49. The molecular formula is C16H16ClNO2. The second-order valence-corrected chi connectivity index (χ2v) is 4.91. The summed E-state index contributed by atoms with van der Waals surface area (Å²) in [6.07, 6.45) is 0.789. The van der Waals surface area contributed by atoms with E-state index in [9.17, 15) is 9.90 Å². The highest BCUT2D eigenvalue weighted by atomic mass is 35.5. The van der Waals surface area contributed by atoms with Gasteiger partial charge in [0.2, 0.25) is 0 Å². The van der Waals surface area contributed by atoms with E-state index in [1.54, 1.807) is 24.3 Å². The lowest BCUT2D eigenvalue weighted by molar-refractivity contribution is -0.138. The van der Waals surface area contributed by atoms with Gasteiger partial charge in [-0.25, -0.2) is 4.79 Å². The van der Waals surface area contributed by atoms with Crippen LogP contribution in [0.4, 0.5) is 5.69 Å². The molecule has 2 rings (SSSR count). The fourth-order valence-corrected chi connectivity index (χ4v) is 2.35. The molecule has 0 fully saturated rings. The lowest BCUT2D eigenvalue weighted by Gasteiger charge is -2.19. The monoisotopic (exact) mass is 289 g/mol. The summed E-state index contributed by atoms with van der Waals surface area (Å²) < 4.78 is 0. The highest BCUT2D eigenvalue weighted by molar-refractivity contribution is 6.30. The number of rotatable bonds is 5. The molecule has 0 heterocycles. The minimum absolute atomic E-state index is 0.572. The Morgan fingerprint density at radius 2 is 2.00 bits per heavy atom. The van der Waals surface area contributed by atoms with Gasteiger partial charge in [0.25, 0.3) is 0 Å². The number of carboxylic acid groups (broad SMARTS) is 1. The van der Waals surface area contributed by atoms with E-state index in [1.165, 1.54) is 0 Å². The normalized spacial score (nSPS) is 11.9.